The number of nitrogens with one attached hydrogen (secondary N) is 2. The van der Waals surface area contributed by atoms with Crippen LogP contribution >= 0.6 is 0 Å². The first-order valence-corrected chi connectivity index (χ1v) is 11.7. The molecule has 3 rings (SSSR count). The number of aliphatic hydroxyl groups excluding tert-OH is 3. The van der Waals surface area contributed by atoms with Crippen molar-refractivity contribution < 1.29 is 38.8 Å². The molecule has 0 radical (unpaired) electrons. The number of nitrogens with zero attached hydrogens (tertiary/aromatic N) is 4. The van der Waals surface area contributed by atoms with Crippen LogP contribution in [0.3, 0.4) is 0 Å². The van der Waals surface area contributed by atoms with E-state index in [9.17, 15) is 23.9 Å². The van der Waals surface area contributed by atoms with Crippen molar-refractivity contribution in [2.75, 3.05) is 19.8 Å². The molecule has 2 aromatic heterocycles. The molecule has 0 unspecified atom stereocenters. The fourth-order valence-electron chi connectivity index (χ4n) is 3.11. The van der Waals surface area contributed by atoms with Gasteiger partial charge in [0.15, 0.2) is 5.69 Å². The van der Waals surface area contributed by atoms with Crippen LogP contribution in [0, 0.1) is 12.7 Å². The lowest BCUT2D eigenvalue weighted by Crippen LogP contribution is -2.50. The van der Waals surface area contributed by atoms with E-state index in [1.54, 1.807) is 13.8 Å². The third-order valence-corrected chi connectivity index (χ3v) is 5.50. The summed E-state index contributed by atoms with van der Waals surface area (Å²) in [6, 6.07) is 5.44. The van der Waals surface area contributed by atoms with Crippen molar-refractivity contribution in [3.8, 4) is 5.75 Å². The number of rotatable bonds is 9. The summed E-state index contributed by atoms with van der Waals surface area (Å²) < 4.78 is 19.1. The number of amides is 2. The summed E-state index contributed by atoms with van der Waals surface area (Å²) in [5.74, 6) is -2.88. The van der Waals surface area contributed by atoms with E-state index in [1.807, 2.05) is 0 Å². The smallest absolute Gasteiger partial charge is 0.309 e. The second kappa shape index (κ2) is 13.2. The van der Waals surface area contributed by atoms with E-state index >= 15 is 0 Å². The van der Waals surface area contributed by atoms with E-state index in [2.05, 4.69) is 25.8 Å². The number of carbonyl (C=O) groups excluding carboxylic acids is 2. The monoisotopic (exact) mass is 565 g/mol. The molecule has 16 heteroatoms. The van der Waals surface area contributed by atoms with E-state index in [1.165, 1.54) is 38.2 Å². The quantitative estimate of drug-likeness (QED) is 0.158. The summed E-state index contributed by atoms with van der Waals surface area (Å²) in [6.07, 6.45) is 0. The topological polar surface area (TPSA) is 239 Å². The Bertz CT molecular complexity index is 1380. The van der Waals surface area contributed by atoms with Crippen molar-refractivity contribution in [2.24, 2.45) is 12.8 Å². The summed E-state index contributed by atoms with van der Waals surface area (Å²) in [6.45, 7) is 3.43. The summed E-state index contributed by atoms with van der Waals surface area (Å²) in [5, 5.41) is 47.6. The molecule has 8 N–H and O–H groups in total. The molecule has 0 fully saturated rings. The number of nitrogens with two attached hydrogens (primary N) is 1. The highest BCUT2D eigenvalue weighted by Gasteiger charge is 2.32. The molecular formula is C24H32FN7O8. The minimum absolute atomic E-state index is 0.00294. The van der Waals surface area contributed by atoms with Crippen LogP contribution in [0.5, 0.6) is 5.75 Å². The van der Waals surface area contributed by atoms with E-state index in [4.69, 9.17) is 25.5 Å². The largest absolute Gasteiger partial charge is 0.501 e. The molecule has 0 aliphatic rings. The van der Waals surface area contributed by atoms with Crippen LogP contribution in [0.25, 0.3) is 0 Å². The first-order chi connectivity index (χ1) is 18.7. The van der Waals surface area contributed by atoms with Crippen LogP contribution in [-0.4, -0.2) is 77.3 Å². The Morgan fingerprint density at radius 1 is 1.07 bits per heavy atom. The lowest BCUT2D eigenvalue weighted by molar-refractivity contribution is 0.0697. The number of hydrogen-bond donors (Lipinski definition) is 7. The van der Waals surface area contributed by atoms with Crippen LogP contribution in [0.4, 0.5) is 4.39 Å². The zero-order valence-electron chi connectivity index (χ0n) is 22.3. The molecule has 40 heavy (non-hydrogen) atoms. The van der Waals surface area contributed by atoms with Gasteiger partial charge in [0.05, 0.1) is 30.9 Å². The number of aryl methyl sites for hydroxylation is 1. The van der Waals surface area contributed by atoms with Crippen molar-refractivity contribution in [3.63, 3.8) is 0 Å². The van der Waals surface area contributed by atoms with Crippen LogP contribution in [0.2, 0.25) is 0 Å². The summed E-state index contributed by atoms with van der Waals surface area (Å²) >= 11 is 0. The van der Waals surface area contributed by atoms with Gasteiger partial charge in [0, 0.05) is 20.5 Å². The first-order valence-electron chi connectivity index (χ1n) is 11.7. The average molecular weight is 566 g/mol. The number of aromatic hydroxyl groups is 1. The molecule has 0 atom stereocenters. The van der Waals surface area contributed by atoms with Crippen molar-refractivity contribution >= 4 is 11.8 Å². The molecule has 3 aromatic rings. The number of halogens is 1. The van der Waals surface area contributed by atoms with E-state index in [0.29, 0.717) is 5.56 Å². The lowest BCUT2D eigenvalue weighted by Gasteiger charge is -2.27. The standard InChI is InChI=1S/C20H21FN6O5.C4H11NO3/c1-10-25-26-17(32-10)16(30)24-20(2,3)19-23-13(14(28)18(31)27(19)4)15(29)22-9-11-5-7-12(21)8-6-11;5-4(1-6,2-7)3-8/h5-8,28H,9H2,1-4H3,(H,22,29)(H,24,30);6-8H,1-3,5H2. The van der Waals surface area contributed by atoms with Crippen LogP contribution in [0.15, 0.2) is 33.5 Å². The van der Waals surface area contributed by atoms with Gasteiger partial charge in [-0.05, 0) is 31.5 Å². The maximum Gasteiger partial charge on any atom is 0.309 e. The average Bonchev–Trinajstić information content (AvgIpc) is 3.37. The molecule has 1 aromatic carbocycles. The Hall–Kier alpha value is -4.25. The Kier molecular flexibility index (Phi) is 10.6. The maximum absolute atomic E-state index is 13.0. The Balaban J connectivity index is 0.000000611. The molecule has 2 amide bonds. The fraction of sp³-hybridized carbons (Fsp3) is 0.417. The summed E-state index contributed by atoms with van der Waals surface area (Å²) in [4.78, 5) is 41.7. The highest BCUT2D eigenvalue weighted by Crippen LogP contribution is 2.20. The van der Waals surface area contributed by atoms with Gasteiger partial charge in [0.1, 0.15) is 11.6 Å². The van der Waals surface area contributed by atoms with Gasteiger partial charge in [-0.15, -0.1) is 10.2 Å². The highest BCUT2D eigenvalue weighted by molar-refractivity contribution is 5.94. The molecule has 0 bridgehead atoms. The zero-order chi connectivity index (χ0) is 30.3. The summed E-state index contributed by atoms with van der Waals surface area (Å²) in [5.41, 5.74) is 1.88. The van der Waals surface area contributed by atoms with E-state index in [0.717, 1.165) is 4.57 Å². The minimum Gasteiger partial charge on any atom is -0.501 e. The third kappa shape index (κ3) is 7.89. The van der Waals surface area contributed by atoms with Gasteiger partial charge in [-0.2, -0.15) is 0 Å². The second-order valence-electron chi connectivity index (χ2n) is 9.35. The molecule has 0 aliphatic heterocycles. The number of hydrogen-bond acceptors (Lipinski definition) is 12. The molecule has 0 saturated heterocycles. The highest BCUT2D eigenvalue weighted by atomic mass is 19.1. The van der Waals surface area contributed by atoms with Gasteiger partial charge in [-0.1, -0.05) is 12.1 Å². The SMILES string of the molecule is Cc1nnc(C(=O)NC(C)(C)c2nc(C(=O)NCc3ccc(F)cc3)c(O)c(=O)n2C)o1.NC(CO)(CO)CO. The number of carbonyl (C=O) groups is 2. The van der Waals surface area contributed by atoms with Crippen molar-refractivity contribution in [3.05, 3.63) is 69.3 Å². The van der Waals surface area contributed by atoms with Gasteiger partial charge in [0.2, 0.25) is 11.6 Å². The molecular weight excluding hydrogens is 533 g/mol. The van der Waals surface area contributed by atoms with Gasteiger partial charge < -0.3 is 41.2 Å². The molecule has 0 spiro atoms. The van der Waals surface area contributed by atoms with E-state index in [-0.39, 0.29) is 24.2 Å². The predicted octanol–water partition coefficient (Wildman–Crippen LogP) is -1.43. The van der Waals surface area contributed by atoms with E-state index < -0.39 is 65.5 Å². The zero-order valence-corrected chi connectivity index (χ0v) is 22.3. The van der Waals surface area contributed by atoms with Crippen LogP contribution in [-0.2, 0) is 19.1 Å². The molecule has 15 nitrogen and oxygen atoms in total. The predicted molar refractivity (Wildman–Crippen MR) is 136 cm³/mol. The van der Waals surface area contributed by atoms with Crippen molar-refractivity contribution in [2.45, 2.75) is 38.4 Å². The van der Waals surface area contributed by atoms with Gasteiger partial charge >= 0.3 is 11.8 Å². The van der Waals surface area contributed by atoms with Gasteiger partial charge in [0.25, 0.3) is 11.5 Å². The number of aromatic nitrogens is 4. The van der Waals surface area contributed by atoms with Crippen molar-refractivity contribution in [1.29, 1.82) is 0 Å². The Morgan fingerprint density at radius 2 is 1.65 bits per heavy atom. The molecule has 2 heterocycles. The number of benzene rings is 1. The van der Waals surface area contributed by atoms with Gasteiger partial charge in [-0.25, -0.2) is 9.37 Å². The summed E-state index contributed by atoms with van der Waals surface area (Å²) in [7, 11) is 1.34. The fourth-order valence-corrected chi connectivity index (χ4v) is 3.11. The number of aliphatic hydroxyl groups is 3. The maximum atomic E-state index is 13.0. The van der Waals surface area contributed by atoms with Crippen molar-refractivity contribution in [1.82, 2.24) is 30.4 Å². The van der Waals surface area contributed by atoms with Crippen LogP contribution < -0.4 is 21.9 Å². The molecule has 218 valence electrons. The Labute approximate surface area is 227 Å². The molecule has 0 saturated carbocycles. The normalized spacial score (nSPS) is 11.4. The molecule has 0 aliphatic carbocycles. The first kappa shape index (κ1) is 32.0. The minimum atomic E-state index is -1.27. The second-order valence-corrected chi connectivity index (χ2v) is 9.35. The van der Waals surface area contributed by atoms with Crippen LogP contribution in [0.1, 0.15) is 52.3 Å². The van der Waals surface area contributed by atoms with Gasteiger partial charge in [-0.3, -0.25) is 19.0 Å². The third-order valence-electron chi connectivity index (χ3n) is 5.50. The lowest BCUT2D eigenvalue weighted by atomic mass is 10.0. The Morgan fingerprint density at radius 3 is 2.12 bits per heavy atom.